The van der Waals surface area contributed by atoms with Crippen molar-refractivity contribution in [3.05, 3.63) is 63.9 Å². The predicted octanol–water partition coefficient (Wildman–Crippen LogP) is 5.38. The molecule has 3 rings (SSSR count). The molecular formula is C24H27Cl2FN2O3. The van der Waals surface area contributed by atoms with Gasteiger partial charge in [-0.2, -0.15) is 0 Å². The van der Waals surface area contributed by atoms with Crippen molar-refractivity contribution in [1.82, 2.24) is 10.2 Å². The van der Waals surface area contributed by atoms with E-state index in [-0.39, 0.29) is 24.2 Å². The molecular weight excluding hydrogens is 454 g/mol. The van der Waals surface area contributed by atoms with Crippen molar-refractivity contribution in [3.8, 4) is 5.75 Å². The molecule has 1 aliphatic carbocycles. The maximum Gasteiger partial charge on any atom is 0.261 e. The van der Waals surface area contributed by atoms with E-state index in [1.165, 1.54) is 17.0 Å². The van der Waals surface area contributed by atoms with Crippen molar-refractivity contribution >= 4 is 35.0 Å². The van der Waals surface area contributed by atoms with Crippen LogP contribution in [0.1, 0.15) is 44.6 Å². The second kappa shape index (κ2) is 11.5. The monoisotopic (exact) mass is 480 g/mol. The Hall–Kier alpha value is -2.31. The first-order valence-corrected chi connectivity index (χ1v) is 11.6. The zero-order chi connectivity index (χ0) is 23.1. The Kier molecular flexibility index (Phi) is 8.76. The van der Waals surface area contributed by atoms with E-state index in [1.54, 1.807) is 30.3 Å². The van der Waals surface area contributed by atoms with Gasteiger partial charge in [0.2, 0.25) is 5.91 Å². The smallest absolute Gasteiger partial charge is 0.261 e. The molecule has 0 spiro atoms. The van der Waals surface area contributed by atoms with E-state index in [2.05, 4.69) is 5.32 Å². The average Bonchev–Trinajstić information content (AvgIpc) is 3.27. The summed E-state index contributed by atoms with van der Waals surface area (Å²) >= 11 is 12.3. The highest BCUT2D eigenvalue weighted by molar-refractivity contribution is 6.35. The molecule has 0 aliphatic heterocycles. The van der Waals surface area contributed by atoms with Gasteiger partial charge in [-0.3, -0.25) is 9.59 Å². The minimum absolute atomic E-state index is 0.0196. The Morgan fingerprint density at radius 1 is 1.19 bits per heavy atom. The first-order valence-electron chi connectivity index (χ1n) is 10.8. The van der Waals surface area contributed by atoms with E-state index in [1.807, 2.05) is 6.92 Å². The van der Waals surface area contributed by atoms with Gasteiger partial charge in [0.25, 0.3) is 5.91 Å². The number of halogens is 3. The zero-order valence-electron chi connectivity index (χ0n) is 18.0. The molecule has 1 aliphatic rings. The van der Waals surface area contributed by atoms with Crippen LogP contribution in [0.4, 0.5) is 4.39 Å². The topological polar surface area (TPSA) is 58.6 Å². The normalized spacial score (nSPS) is 14.8. The molecule has 2 aromatic carbocycles. The number of nitrogens with one attached hydrogen (secondary N) is 1. The summed E-state index contributed by atoms with van der Waals surface area (Å²) in [6.45, 7) is 1.55. The van der Waals surface area contributed by atoms with Crippen LogP contribution >= 0.6 is 23.2 Å². The Morgan fingerprint density at radius 2 is 1.91 bits per heavy atom. The highest BCUT2D eigenvalue weighted by atomic mass is 35.5. The molecule has 1 atom stereocenters. The summed E-state index contributed by atoms with van der Waals surface area (Å²) < 4.78 is 19.3. The SMILES string of the molecule is CC[C@H](C(=O)NC1CCCC1)N(Cc1ccc(Cl)cc1Cl)C(=O)COc1ccccc1F. The van der Waals surface area contributed by atoms with Gasteiger partial charge in [-0.05, 0) is 49.1 Å². The number of carbonyl (C=O) groups excluding carboxylic acids is 2. The predicted molar refractivity (Wildman–Crippen MR) is 123 cm³/mol. The van der Waals surface area contributed by atoms with Crippen molar-refractivity contribution in [1.29, 1.82) is 0 Å². The minimum atomic E-state index is -0.709. The molecule has 1 N–H and O–H groups in total. The number of benzene rings is 2. The molecule has 0 radical (unpaired) electrons. The second-order valence-electron chi connectivity index (χ2n) is 7.89. The fourth-order valence-electron chi connectivity index (χ4n) is 3.90. The van der Waals surface area contributed by atoms with Crippen LogP contribution in [0.2, 0.25) is 10.0 Å². The van der Waals surface area contributed by atoms with Crippen LogP contribution in [0.5, 0.6) is 5.75 Å². The fraction of sp³-hybridized carbons (Fsp3) is 0.417. The number of amides is 2. The maximum atomic E-state index is 13.9. The van der Waals surface area contributed by atoms with Crippen molar-refractivity contribution in [2.75, 3.05) is 6.61 Å². The van der Waals surface area contributed by atoms with Gasteiger partial charge < -0.3 is 15.0 Å². The summed E-state index contributed by atoms with van der Waals surface area (Å²) in [4.78, 5) is 27.7. The zero-order valence-corrected chi connectivity index (χ0v) is 19.5. The van der Waals surface area contributed by atoms with E-state index < -0.39 is 24.4 Å². The van der Waals surface area contributed by atoms with Gasteiger partial charge in [0, 0.05) is 22.6 Å². The first-order chi connectivity index (χ1) is 15.4. The van der Waals surface area contributed by atoms with Crippen LogP contribution < -0.4 is 10.1 Å². The van der Waals surface area contributed by atoms with Gasteiger partial charge in [-0.15, -0.1) is 0 Å². The highest BCUT2D eigenvalue weighted by Crippen LogP contribution is 2.25. The number of para-hydroxylation sites is 1. The number of carbonyl (C=O) groups is 2. The van der Waals surface area contributed by atoms with Gasteiger partial charge in [0.05, 0.1) is 0 Å². The van der Waals surface area contributed by atoms with Crippen LogP contribution in [-0.4, -0.2) is 35.4 Å². The highest BCUT2D eigenvalue weighted by Gasteiger charge is 2.31. The fourth-order valence-corrected chi connectivity index (χ4v) is 4.37. The van der Waals surface area contributed by atoms with Crippen LogP contribution in [0, 0.1) is 5.82 Å². The quantitative estimate of drug-likeness (QED) is 0.524. The maximum absolute atomic E-state index is 13.9. The van der Waals surface area contributed by atoms with Crippen LogP contribution in [-0.2, 0) is 16.1 Å². The van der Waals surface area contributed by atoms with Gasteiger partial charge >= 0.3 is 0 Å². The van der Waals surface area contributed by atoms with Gasteiger partial charge in [0.1, 0.15) is 6.04 Å². The third-order valence-corrected chi connectivity index (χ3v) is 6.22. The molecule has 5 nitrogen and oxygen atoms in total. The van der Waals surface area contributed by atoms with Crippen LogP contribution in [0.3, 0.4) is 0 Å². The first kappa shape index (κ1) is 24.3. The molecule has 0 aromatic heterocycles. The van der Waals surface area contributed by atoms with Gasteiger partial charge in [0.15, 0.2) is 18.2 Å². The summed E-state index contributed by atoms with van der Waals surface area (Å²) in [6.07, 6.45) is 4.46. The van der Waals surface area contributed by atoms with Crippen molar-refractivity contribution in [3.63, 3.8) is 0 Å². The Labute approximate surface area is 197 Å². The Bertz CT molecular complexity index is 951. The summed E-state index contributed by atoms with van der Waals surface area (Å²) in [5.74, 6) is -1.22. The van der Waals surface area contributed by atoms with E-state index >= 15 is 0 Å². The van der Waals surface area contributed by atoms with Gasteiger partial charge in [-0.1, -0.05) is 61.2 Å². The molecule has 8 heteroatoms. The third kappa shape index (κ3) is 6.36. The molecule has 32 heavy (non-hydrogen) atoms. The molecule has 0 saturated heterocycles. The van der Waals surface area contributed by atoms with E-state index in [0.717, 1.165) is 25.7 Å². The molecule has 2 amide bonds. The molecule has 172 valence electrons. The van der Waals surface area contributed by atoms with Crippen LogP contribution in [0.15, 0.2) is 42.5 Å². The summed E-state index contributed by atoms with van der Waals surface area (Å²) in [7, 11) is 0. The summed E-state index contributed by atoms with van der Waals surface area (Å²) in [6, 6.07) is 10.3. The van der Waals surface area contributed by atoms with E-state index in [4.69, 9.17) is 27.9 Å². The number of rotatable bonds is 9. The molecule has 1 fully saturated rings. The number of hydrogen-bond donors (Lipinski definition) is 1. The molecule has 0 heterocycles. The molecule has 2 aromatic rings. The number of hydrogen-bond acceptors (Lipinski definition) is 3. The summed E-state index contributed by atoms with van der Waals surface area (Å²) in [5.41, 5.74) is 0.655. The average molecular weight is 481 g/mol. The second-order valence-corrected chi connectivity index (χ2v) is 8.73. The van der Waals surface area contributed by atoms with Crippen molar-refractivity contribution < 1.29 is 18.7 Å². The Balaban J connectivity index is 1.80. The van der Waals surface area contributed by atoms with Gasteiger partial charge in [-0.25, -0.2) is 4.39 Å². The largest absolute Gasteiger partial charge is 0.481 e. The van der Waals surface area contributed by atoms with Crippen molar-refractivity contribution in [2.24, 2.45) is 0 Å². The summed E-state index contributed by atoms with van der Waals surface area (Å²) in [5, 5.41) is 3.95. The lowest BCUT2D eigenvalue weighted by molar-refractivity contribution is -0.143. The lowest BCUT2D eigenvalue weighted by atomic mass is 10.1. The number of nitrogens with zero attached hydrogens (tertiary/aromatic N) is 1. The molecule has 0 bridgehead atoms. The van der Waals surface area contributed by atoms with Crippen molar-refractivity contribution in [2.45, 2.75) is 57.7 Å². The lowest BCUT2D eigenvalue weighted by Crippen LogP contribution is -2.52. The number of ether oxygens (including phenoxy) is 1. The Morgan fingerprint density at radius 3 is 2.56 bits per heavy atom. The van der Waals surface area contributed by atoms with E-state index in [0.29, 0.717) is 22.0 Å². The van der Waals surface area contributed by atoms with Crippen LogP contribution in [0.25, 0.3) is 0 Å². The van der Waals surface area contributed by atoms with E-state index in [9.17, 15) is 14.0 Å². The standard InChI is InChI=1S/C24H27Cl2FN2O3/c1-2-21(24(31)28-18-7-3-4-8-18)29(14-16-11-12-17(25)13-19(16)26)23(30)15-32-22-10-6-5-9-20(22)27/h5-6,9-13,18,21H,2-4,7-8,14-15H2,1H3,(H,28,31)/t21-/m1/s1. The third-order valence-electron chi connectivity index (χ3n) is 5.63. The minimum Gasteiger partial charge on any atom is -0.481 e. The molecule has 0 unspecified atom stereocenters. The molecule has 1 saturated carbocycles. The lowest BCUT2D eigenvalue weighted by Gasteiger charge is -2.31.